The first-order valence-corrected chi connectivity index (χ1v) is 8.94. The second-order valence-corrected chi connectivity index (χ2v) is 7.02. The van der Waals surface area contributed by atoms with E-state index in [-0.39, 0.29) is 30.7 Å². The van der Waals surface area contributed by atoms with Crippen LogP contribution < -0.4 is 5.32 Å². The molecule has 2 aliphatic heterocycles. The van der Waals surface area contributed by atoms with Crippen LogP contribution in [-0.2, 0) is 11.2 Å². The lowest BCUT2D eigenvalue weighted by Gasteiger charge is -2.35. The standard InChI is InChI=1S/C18H23N5O2.2ClH/c1-23(15-10-13-2-3-14(11-15)20-13)17(24)5-4-16-21-18(22-25-16)12-6-8-19-9-7-12;;/h6-9,13-15,20H,2-5,10-11H2,1H3;2*1H. The van der Waals surface area contributed by atoms with E-state index in [0.29, 0.717) is 42.7 Å². The predicted octanol–water partition coefficient (Wildman–Crippen LogP) is 2.65. The van der Waals surface area contributed by atoms with Gasteiger partial charge >= 0.3 is 0 Å². The summed E-state index contributed by atoms with van der Waals surface area (Å²) in [5.74, 6) is 1.18. The predicted molar refractivity (Wildman–Crippen MR) is 106 cm³/mol. The van der Waals surface area contributed by atoms with Crippen LogP contribution in [0, 0.1) is 0 Å². The highest BCUT2D eigenvalue weighted by Gasteiger charge is 2.36. The molecule has 2 saturated heterocycles. The molecule has 4 rings (SSSR count). The summed E-state index contributed by atoms with van der Waals surface area (Å²) >= 11 is 0. The fraction of sp³-hybridized carbons (Fsp3) is 0.556. The van der Waals surface area contributed by atoms with Crippen molar-refractivity contribution in [2.75, 3.05) is 7.05 Å². The van der Waals surface area contributed by atoms with E-state index in [9.17, 15) is 4.79 Å². The number of aryl methyl sites for hydroxylation is 1. The third-order valence-corrected chi connectivity index (χ3v) is 5.35. The van der Waals surface area contributed by atoms with Crippen molar-refractivity contribution in [2.45, 2.75) is 56.7 Å². The fourth-order valence-electron chi connectivity index (χ4n) is 3.91. The van der Waals surface area contributed by atoms with Crippen LogP contribution in [0.3, 0.4) is 0 Å². The summed E-state index contributed by atoms with van der Waals surface area (Å²) in [5.41, 5.74) is 0.860. The number of nitrogens with zero attached hydrogens (tertiary/aromatic N) is 4. The highest BCUT2D eigenvalue weighted by molar-refractivity contribution is 5.85. The van der Waals surface area contributed by atoms with E-state index in [1.165, 1.54) is 12.8 Å². The van der Waals surface area contributed by atoms with Crippen LogP contribution in [0.25, 0.3) is 11.4 Å². The number of pyridine rings is 1. The van der Waals surface area contributed by atoms with Gasteiger partial charge in [0.25, 0.3) is 0 Å². The topological polar surface area (TPSA) is 84.2 Å². The molecular formula is C18H25Cl2N5O2. The number of nitrogens with one attached hydrogen (secondary N) is 1. The average Bonchev–Trinajstić information content (AvgIpc) is 3.26. The number of rotatable bonds is 5. The number of piperidine rings is 1. The van der Waals surface area contributed by atoms with Gasteiger partial charge < -0.3 is 14.7 Å². The van der Waals surface area contributed by atoms with Crippen molar-refractivity contribution in [1.82, 2.24) is 25.3 Å². The van der Waals surface area contributed by atoms with E-state index in [1.807, 2.05) is 24.1 Å². The number of fused-ring (bicyclic) bond motifs is 2. The molecule has 0 saturated carbocycles. The van der Waals surface area contributed by atoms with Crippen molar-refractivity contribution in [1.29, 1.82) is 0 Å². The number of amides is 1. The maximum absolute atomic E-state index is 12.5. The zero-order valence-corrected chi connectivity index (χ0v) is 16.8. The van der Waals surface area contributed by atoms with E-state index in [0.717, 1.165) is 18.4 Å². The van der Waals surface area contributed by atoms with Crippen molar-refractivity contribution in [3.05, 3.63) is 30.4 Å². The van der Waals surface area contributed by atoms with Gasteiger partial charge in [-0.05, 0) is 37.8 Å². The fourth-order valence-corrected chi connectivity index (χ4v) is 3.91. The van der Waals surface area contributed by atoms with Gasteiger partial charge in [0.15, 0.2) is 0 Å². The van der Waals surface area contributed by atoms with Crippen molar-refractivity contribution >= 4 is 30.7 Å². The van der Waals surface area contributed by atoms with Gasteiger partial charge in [-0.2, -0.15) is 4.98 Å². The Balaban J connectivity index is 0.00000131. The minimum absolute atomic E-state index is 0. The van der Waals surface area contributed by atoms with Crippen LogP contribution >= 0.6 is 24.8 Å². The molecule has 4 heterocycles. The van der Waals surface area contributed by atoms with Crippen molar-refractivity contribution in [2.24, 2.45) is 0 Å². The molecule has 2 atom stereocenters. The summed E-state index contributed by atoms with van der Waals surface area (Å²) < 4.78 is 5.28. The van der Waals surface area contributed by atoms with E-state index in [1.54, 1.807) is 12.4 Å². The van der Waals surface area contributed by atoms with Gasteiger partial charge in [-0.25, -0.2) is 0 Å². The van der Waals surface area contributed by atoms with Crippen LogP contribution in [-0.4, -0.2) is 51.1 Å². The molecule has 27 heavy (non-hydrogen) atoms. The summed E-state index contributed by atoms with van der Waals surface area (Å²) in [7, 11) is 1.92. The third kappa shape index (κ3) is 4.97. The molecule has 148 valence electrons. The first-order chi connectivity index (χ1) is 12.2. The summed E-state index contributed by atoms with van der Waals surface area (Å²) in [4.78, 5) is 22.8. The van der Waals surface area contributed by atoms with Gasteiger partial charge in [0.1, 0.15) is 0 Å². The van der Waals surface area contributed by atoms with Crippen LogP contribution in [0.2, 0.25) is 0 Å². The lowest BCUT2D eigenvalue weighted by atomic mass is 9.98. The highest BCUT2D eigenvalue weighted by atomic mass is 35.5. The maximum atomic E-state index is 12.5. The average molecular weight is 414 g/mol. The molecule has 2 fully saturated rings. The largest absolute Gasteiger partial charge is 0.343 e. The lowest BCUT2D eigenvalue weighted by molar-refractivity contribution is -0.132. The summed E-state index contributed by atoms with van der Waals surface area (Å²) in [6.07, 6.45) is 8.85. The Kier molecular flexibility index (Phi) is 7.59. The van der Waals surface area contributed by atoms with Crippen molar-refractivity contribution in [3.8, 4) is 11.4 Å². The Bertz CT molecular complexity index is 730. The second-order valence-electron chi connectivity index (χ2n) is 7.02. The lowest BCUT2D eigenvalue weighted by Crippen LogP contribution is -2.48. The third-order valence-electron chi connectivity index (χ3n) is 5.35. The highest BCUT2D eigenvalue weighted by Crippen LogP contribution is 2.29. The SMILES string of the molecule is CN(C(=O)CCc1nc(-c2ccncc2)no1)C1CC2CCC(C1)N2.Cl.Cl. The Labute approximate surface area is 171 Å². The molecule has 2 bridgehead atoms. The van der Waals surface area contributed by atoms with E-state index < -0.39 is 0 Å². The minimum atomic E-state index is 0. The summed E-state index contributed by atoms with van der Waals surface area (Å²) in [5, 5.41) is 7.59. The minimum Gasteiger partial charge on any atom is -0.343 e. The normalized spacial score (nSPS) is 23.2. The molecule has 2 aromatic rings. The number of carbonyl (C=O) groups is 1. The summed E-state index contributed by atoms with van der Waals surface area (Å²) in [6.45, 7) is 0. The molecule has 9 heteroatoms. The van der Waals surface area contributed by atoms with Gasteiger partial charge in [-0.3, -0.25) is 9.78 Å². The van der Waals surface area contributed by atoms with Gasteiger partial charge in [-0.1, -0.05) is 5.16 Å². The molecule has 2 aromatic heterocycles. The maximum Gasteiger partial charge on any atom is 0.227 e. The van der Waals surface area contributed by atoms with E-state index in [4.69, 9.17) is 4.52 Å². The number of carbonyl (C=O) groups excluding carboxylic acids is 1. The molecule has 7 nitrogen and oxygen atoms in total. The van der Waals surface area contributed by atoms with Crippen molar-refractivity contribution < 1.29 is 9.32 Å². The molecule has 0 radical (unpaired) electrons. The van der Waals surface area contributed by atoms with Gasteiger partial charge in [0.05, 0.1) is 0 Å². The van der Waals surface area contributed by atoms with Crippen LogP contribution in [0.5, 0.6) is 0 Å². The number of hydrogen-bond donors (Lipinski definition) is 1. The van der Waals surface area contributed by atoms with Crippen LogP contribution in [0.15, 0.2) is 29.0 Å². The molecule has 2 aliphatic rings. The first-order valence-electron chi connectivity index (χ1n) is 8.94. The monoisotopic (exact) mass is 413 g/mol. The van der Waals surface area contributed by atoms with Crippen molar-refractivity contribution in [3.63, 3.8) is 0 Å². The van der Waals surface area contributed by atoms with Crippen LogP contribution in [0.1, 0.15) is 38.0 Å². The Morgan fingerprint density at radius 2 is 1.89 bits per heavy atom. The Hall–Kier alpha value is -1.70. The summed E-state index contributed by atoms with van der Waals surface area (Å²) in [6, 6.07) is 5.18. The van der Waals surface area contributed by atoms with E-state index >= 15 is 0 Å². The first kappa shape index (κ1) is 21.6. The van der Waals surface area contributed by atoms with Gasteiger partial charge in [0, 0.05) is 56.0 Å². The zero-order valence-electron chi connectivity index (χ0n) is 15.2. The van der Waals surface area contributed by atoms with Gasteiger partial charge in [0.2, 0.25) is 17.6 Å². The molecule has 0 aliphatic carbocycles. The smallest absolute Gasteiger partial charge is 0.227 e. The number of hydrogen-bond acceptors (Lipinski definition) is 6. The van der Waals surface area contributed by atoms with E-state index in [2.05, 4.69) is 20.4 Å². The molecule has 1 amide bonds. The number of aromatic nitrogens is 3. The Morgan fingerprint density at radius 3 is 2.56 bits per heavy atom. The molecule has 0 aromatic carbocycles. The van der Waals surface area contributed by atoms with Gasteiger partial charge in [-0.15, -0.1) is 24.8 Å². The van der Waals surface area contributed by atoms with Crippen LogP contribution in [0.4, 0.5) is 0 Å². The second kappa shape index (κ2) is 9.48. The molecule has 1 N–H and O–H groups in total. The number of halogens is 2. The molecule has 0 spiro atoms. The molecule has 2 unspecified atom stereocenters. The molecular weight excluding hydrogens is 389 g/mol. The zero-order chi connectivity index (χ0) is 17.2. The Morgan fingerprint density at radius 1 is 1.22 bits per heavy atom. The quantitative estimate of drug-likeness (QED) is 0.810.